The molecule has 0 amide bonds. The van der Waals surface area contributed by atoms with Gasteiger partial charge < -0.3 is 4.74 Å². The Balaban J connectivity index is 3.37. The fraction of sp³-hybridized carbons (Fsp3) is 0.222. The lowest BCUT2D eigenvalue weighted by Crippen LogP contribution is -2.05. The van der Waals surface area contributed by atoms with E-state index in [0.29, 0.717) is 0 Å². The third kappa shape index (κ3) is 2.35. The molecule has 0 aliphatic carbocycles. The van der Waals surface area contributed by atoms with Crippen molar-refractivity contribution in [3.05, 3.63) is 39.2 Å². The number of halogens is 2. The number of esters is 1. The second-order valence-electron chi connectivity index (χ2n) is 2.85. The van der Waals surface area contributed by atoms with E-state index in [2.05, 4.69) is 20.7 Å². The third-order valence-corrected chi connectivity index (χ3v) is 2.49. The number of nitrogens with zero attached hydrogens (tertiary/aromatic N) is 1. The Labute approximate surface area is 98.5 Å². The summed E-state index contributed by atoms with van der Waals surface area (Å²) in [5.41, 5.74) is -0.602. The summed E-state index contributed by atoms with van der Waals surface area (Å²) in [6.07, 6.45) is 0. The molecule has 0 N–H and O–H groups in total. The molecule has 1 aromatic rings. The summed E-state index contributed by atoms with van der Waals surface area (Å²) in [5.74, 6) is -1.79. The van der Waals surface area contributed by atoms with Crippen LogP contribution in [-0.4, -0.2) is 18.0 Å². The van der Waals surface area contributed by atoms with Crippen molar-refractivity contribution in [3.8, 4) is 0 Å². The van der Waals surface area contributed by atoms with Gasteiger partial charge in [-0.05, 0) is 12.1 Å². The van der Waals surface area contributed by atoms with Gasteiger partial charge in [-0.25, -0.2) is 4.79 Å². The Kier molecular flexibility index (Phi) is 3.94. The summed E-state index contributed by atoms with van der Waals surface area (Å²) in [7, 11) is 1.15. The number of carbonyl (C=O) groups is 1. The number of nitro groups is 1. The summed E-state index contributed by atoms with van der Waals surface area (Å²) in [4.78, 5) is 20.9. The number of hydrogen-bond acceptors (Lipinski definition) is 4. The van der Waals surface area contributed by atoms with Gasteiger partial charge in [0, 0.05) is 10.9 Å². The maximum absolute atomic E-state index is 13.4. The summed E-state index contributed by atoms with van der Waals surface area (Å²) in [6.45, 7) is 0. The molecule has 0 saturated carbocycles. The van der Waals surface area contributed by atoms with E-state index in [9.17, 15) is 19.3 Å². The molecule has 0 radical (unpaired) electrons. The molecule has 0 saturated heterocycles. The molecule has 0 bridgehead atoms. The smallest absolute Gasteiger partial charge is 0.337 e. The number of nitro benzene ring substituents is 1. The fourth-order valence-electron chi connectivity index (χ4n) is 1.20. The molecule has 86 valence electrons. The van der Waals surface area contributed by atoms with E-state index < -0.39 is 22.4 Å². The van der Waals surface area contributed by atoms with Gasteiger partial charge in [-0.3, -0.25) is 10.1 Å². The molecule has 5 nitrogen and oxygen atoms in total. The maximum Gasteiger partial charge on any atom is 0.337 e. The first-order valence-electron chi connectivity index (χ1n) is 4.12. The minimum absolute atomic E-state index is 0.0555. The minimum atomic E-state index is -1.05. The summed E-state index contributed by atoms with van der Waals surface area (Å²) >= 11 is 2.99. The van der Waals surface area contributed by atoms with E-state index in [-0.39, 0.29) is 16.5 Å². The van der Waals surface area contributed by atoms with Crippen molar-refractivity contribution in [2.45, 2.75) is 5.33 Å². The lowest BCUT2D eigenvalue weighted by molar-refractivity contribution is -0.388. The highest BCUT2D eigenvalue weighted by Crippen LogP contribution is 2.26. The van der Waals surface area contributed by atoms with Gasteiger partial charge in [-0.15, -0.1) is 0 Å². The van der Waals surface area contributed by atoms with Gasteiger partial charge in [0.2, 0.25) is 5.82 Å². The predicted octanol–water partition coefficient (Wildman–Crippen LogP) is 2.42. The van der Waals surface area contributed by atoms with Gasteiger partial charge in [-0.1, -0.05) is 15.9 Å². The van der Waals surface area contributed by atoms with Gasteiger partial charge >= 0.3 is 11.7 Å². The quantitative estimate of drug-likeness (QED) is 0.371. The van der Waals surface area contributed by atoms with Crippen LogP contribution in [0.25, 0.3) is 0 Å². The Morgan fingerprint density at radius 1 is 1.62 bits per heavy atom. The van der Waals surface area contributed by atoms with Crippen LogP contribution >= 0.6 is 15.9 Å². The Morgan fingerprint density at radius 2 is 2.25 bits per heavy atom. The largest absolute Gasteiger partial charge is 0.465 e. The van der Waals surface area contributed by atoms with Crippen LogP contribution in [0.2, 0.25) is 0 Å². The van der Waals surface area contributed by atoms with Crippen molar-refractivity contribution in [1.29, 1.82) is 0 Å². The van der Waals surface area contributed by atoms with E-state index in [1.807, 2.05) is 0 Å². The third-order valence-electron chi connectivity index (χ3n) is 1.89. The highest BCUT2D eigenvalue weighted by Gasteiger charge is 2.22. The normalized spacial score (nSPS) is 9.94. The topological polar surface area (TPSA) is 69.4 Å². The number of hydrogen-bond donors (Lipinski definition) is 0. The minimum Gasteiger partial charge on any atom is -0.465 e. The van der Waals surface area contributed by atoms with Gasteiger partial charge in [0.05, 0.1) is 17.6 Å². The highest BCUT2D eigenvalue weighted by molar-refractivity contribution is 9.08. The molecule has 7 heteroatoms. The maximum atomic E-state index is 13.4. The number of alkyl halides is 1. The van der Waals surface area contributed by atoms with Crippen LogP contribution in [0.1, 0.15) is 15.9 Å². The Bertz CT molecular complexity index is 449. The van der Waals surface area contributed by atoms with E-state index in [1.54, 1.807) is 0 Å². The molecule has 0 aliphatic rings. The number of rotatable bonds is 3. The molecular weight excluding hydrogens is 285 g/mol. The van der Waals surface area contributed by atoms with Crippen LogP contribution in [0.4, 0.5) is 10.1 Å². The molecular formula is C9H7BrFNO4. The first-order chi connectivity index (χ1) is 7.51. The summed E-state index contributed by atoms with van der Waals surface area (Å²) in [6, 6.07) is 2.01. The Morgan fingerprint density at radius 3 is 2.69 bits per heavy atom. The van der Waals surface area contributed by atoms with Crippen molar-refractivity contribution >= 4 is 27.6 Å². The standard InChI is InChI=1S/C9H7BrFNO4/c1-16-9(13)5-2-6(4-10)8(12(14)15)7(11)3-5/h2-3H,4H2,1H3. The molecule has 0 aliphatic heterocycles. The molecule has 1 rings (SSSR count). The van der Waals surface area contributed by atoms with Gasteiger partial charge in [-0.2, -0.15) is 4.39 Å². The van der Waals surface area contributed by atoms with Crippen molar-refractivity contribution in [2.75, 3.05) is 7.11 Å². The zero-order valence-electron chi connectivity index (χ0n) is 8.20. The van der Waals surface area contributed by atoms with E-state index in [0.717, 1.165) is 13.2 Å². The molecule has 0 aromatic heterocycles. The van der Waals surface area contributed by atoms with Gasteiger partial charge in [0.1, 0.15) is 0 Å². The van der Waals surface area contributed by atoms with Gasteiger partial charge in [0.25, 0.3) is 0 Å². The van der Waals surface area contributed by atoms with Crippen LogP contribution in [0, 0.1) is 15.9 Å². The lowest BCUT2D eigenvalue weighted by atomic mass is 10.1. The molecule has 16 heavy (non-hydrogen) atoms. The first-order valence-corrected chi connectivity index (χ1v) is 5.24. The van der Waals surface area contributed by atoms with E-state index in [1.165, 1.54) is 6.07 Å². The van der Waals surface area contributed by atoms with Crippen molar-refractivity contribution in [1.82, 2.24) is 0 Å². The number of ether oxygens (including phenoxy) is 1. The van der Waals surface area contributed by atoms with E-state index >= 15 is 0 Å². The van der Waals surface area contributed by atoms with Gasteiger partial charge in [0.15, 0.2) is 0 Å². The average Bonchev–Trinajstić information content (AvgIpc) is 2.26. The predicted molar refractivity (Wildman–Crippen MR) is 57.0 cm³/mol. The van der Waals surface area contributed by atoms with Crippen LogP contribution in [0.3, 0.4) is 0 Å². The zero-order chi connectivity index (χ0) is 12.3. The van der Waals surface area contributed by atoms with Crippen LogP contribution < -0.4 is 0 Å². The fourth-order valence-corrected chi connectivity index (χ4v) is 1.63. The van der Waals surface area contributed by atoms with Crippen molar-refractivity contribution in [2.24, 2.45) is 0 Å². The number of carbonyl (C=O) groups excluding carboxylic acids is 1. The Hall–Kier alpha value is -1.50. The lowest BCUT2D eigenvalue weighted by Gasteiger charge is -2.04. The number of methoxy groups -OCH3 is 1. The SMILES string of the molecule is COC(=O)c1cc(F)c([N+](=O)[O-])c(CBr)c1. The average molecular weight is 292 g/mol. The monoisotopic (exact) mass is 291 g/mol. The second kappa shape index (κ2) is 5.02. The molecule has 0 unspecified atom stereocenters. The van der Waals surface area contributed by atoms with Crippen LogP contribution in [0.5, 0.6) is 0 Å². The van der Waals surface area contributed by atoms with Crippen molar-refractivity contribution < 1.29 is 18.8 Å². The summed E-state index contributed by atoms with van der Waals surface area (Å²) in [5, 5.41) is 10.7. The molecule has 0 atom stereocenters. The molecule has 0 fully saturated rings. The first kappa shape index (κ1) is 12.6. The second-order valence-corrected chi connectivity index (χ2v) is 3.41. The van der Waals surface area contributed by atoms with Crippen molar-refractivity contribution in [3.63, 3.8) is 0 Å². The van der Waals surface area contributed by atoms with E-state index in [4.69, 9.17) is 0 Å². The summed E-state index contributed by atoms with van der Waals surface area (Å²) < 4.78 is 17.8. The molecule has 0 spiro atoms. The highest BCUT2D eigenvalue weighted by atomic mass is 79.9. The van der Waals surface area contributed by atoms with Crippen LogP contribution in [-0.2, 0) is 10.1 Å². The number of benzene rings is 1. The zero-order valence-corrected chi connectivity index (χ0v) is 9.78. The molecule has 0 heterocycles. The van der Waals surface area contributed by atoms with Crippen LogP contribution in [0.15, 0.2) is 12.1 Å². The molecule has 1 aromatic carbocycles.